The summed E-state index contributed by atoms with van der Waals surface area (Å²) in [6, 6.07) is 0. The van der Waals surface area contributed by atoms with E-state index in [2.05, 4.69) is 25.7 Å². The number of carbonyl (C=O) groups is 1. The van der Waals surface area contributed by atoms with Crippen molar-refractivity contribution < 1.29 is 4.79 Å². The van der Waals surface area contributed by atoms with Crippen molar-refractivity contribution in [2.75, 3.05) is 6.54 Å². The monoisotopic (exact) mass is 215 g/mol. The minimum Gasteiger partial charge on any atom is -0.351 e. The molecule has 0 spiro atoms. The molecule has 1 aliphatic carbocycles. The van der Waals surface area contributed by atoms with Gasteiger partial charge in [-0.3, -0.25) is 4.79 Å². The Kier molecular flexibility index (Phi) is 3.59. The first kappa shape index (κ1) is 11.6. The minimum absolute atomic E-state index is 0.120. The van der Waals surface area contributed by atoms with E-state index in [9.17, 15) is 4.79 Å². The predicted molar refractivity (Wildman–Crippen MR) is 59.1 cm³/mol. The summed E-state index contributed by atoms with van der Waals surface area (Å²) >= 11 is 5.59. The van der Waals surface area contributed by atoms with E-state index in [0.717, 1.165) is 19.3 Å². The average molecular weight is 216 g/mol. The van der Waals surface area contributed by atoms with E-state index in [1.807, 2.05) is 0 Å². The lowest BCUT2D eigenvalue weighted by Gasteiger charge is -2.25. The van der Waals surface area contributed by atoms with Crippen LogP contribution in [0.3, 0.4) is 0 Å². The molecule has 1 atom stereocenters. The van der Waals surface area contributed by atoms with Crippen molar-refractivity contribution in [1.82, 2.24) is 5.32 Å². The van der Waals surface area contributed by atoms with Crippen molar-refractivity contribution in [1.29, 1.82) is 0 Å². The molecule has 0 bridgehead atoms. The summed E-state index contributed by atoms with van der Waals surface area (Å²) < 4.78 is 0. The molecule has 3 heteroatoms. The zero-order chi connectivity index (χ0) is 10.8. The third-order valence-electron chi connectivity index (χ3n) is 3.03. The molecule has 14 heavy (non-hydrogen) atoms. The number of nitrogens with one attached hydrogen (secondary N) is 1. The molecule has 1 fully saturated rings. The van der Waals surface area contributed by atoms with E-state index in [1.54, 1.807) is 0 Å². The Morgan fingerprint density at radius 2 is 2.29 bits per heavy atom. The van der Waals surface area contributed by atoms with Crippen LogP contribution in [0.1, 0.15) is 33.1 Å². The maximum atomic E-state index is 11.8. The summed E-state index contributed by atoms with van der Waals surface area (Å²) in [6.45, 7) is 8.23. The molecule has 1 N–H and O–H groups in total. The number of rotatable bonds is 3. The Labute approximate surface area is 90.7 Å². The van der Waals surface area contributed by atoms with Crippen molar-refractivity contribution in [2.45, 2.75) is 33.1 Å². The van der Waals surface area contributed by atoms with Crippen LogP contribution in [0.2, 0.25) is 0 Å². The van der Waals surface area contributed by atoms with Crippen LogP contribution in [-0.2, 0) is 4.79 Å². The van der Waals surface area contributed by atoms with Crippen LogP contribution in [0.5, 0.6) is 0 Å². The van der Waals surface area contributed by atoms with Gasteiger partial charge < -0.3 is 5.32 Å². The summed E-state index contributed by atoms with van der Waals surface area (Å²) in [6.07, 6.45) is 3.27. The van der Waals surface area contributed by atoms with Crippen LogP contribution in [0, 0.1) is 11.3 Å². The van der Waals surface area contributed by atoms with Gasteiger partial charge in [-0.25, -0.2) is 0 Å². The van der Waals surface area contributed by atoms with E-state index in [0.29, 0.717) is 11.6 Å². The summed E-state index contributed by atoms with van der Waals surface area (Å²) in [4.78, 5) is 11.8. The van der Waals surface area contributed by atoms with Gasteiger partial charge in [-0.2, -0.15) is 0 Å². The Bertz CT molecular complexity index is 248. The van der Waals surface area contributed by atoms with Crippen LogP contribution in [0.25, 0.3) is 0 Å². The molecule has 0 saturated heterocycles. The van der Waals surface area contributed by atoms with Gasteiger partial charge in [0.05, 0.1) is 6.54 Å². The lowest BCUT2D eigenvalue weighted by atomic mass is 9.81. The van der Waals surface area contributed by atoms with Gasteiger partial charge in [-0.05, 0) is 18.3 Å². The van der Waals surface area contributed by atoms with Gasteiger partial charge in [0, 0.05) is 11.0 Å². The maximum Gasteiger partial charge on any atom is 0.223 e. The molecule has 80 valence electrons. The normalized spacial score (nSPS) is 24.6. The average Bonchev–Trinajstić information content (AvgIpc) is 2.41. The van der Waals surface area contributed by atoms with Crippen LogP contribution < -0.4 is 5.32 Å². The maximum absolute atomic E-state index is 11.8. The van der Waals surface area contributed by atoms with E-state index < -0.39 is 0 Å². The first-order chi connectivity index (χ1) is 6.43. The first-order valence-corrected chi connectivity index (χ1v) is 5.42. The molecule has 0 aromatic rings. The molecule has 2 nitrogen and oxygen atoms in total. The standard InChI is InChI=1S/C11H18ClNO/c1-8(12)7-13-10(14)9-5-4-6-11(9,2)3/h9H,1,4-7H2,2-3H3,(H,13,14). The highest BCUT2D eigenvalue weighted by Gasteiger charge is 2.38. The number of hydrogen-bond acceptors (Lipinski definition) is 1. The zero-order valence-corrected chi connectivity index (χ0v) is 9.66. The third kappa shape index (κ3) is 2.74. The molecule has 1 aliphatic rings. The molecular formula is C11H18ClNO. The largest absolute Gasteiger partial charge is 0.351 e. The highest BCUT2D eigenvalue weighted by Crippen LogP contribution is 2.42. The highest BCUT2D eigenvalue weighted by atomic mass is 35.5. The third-order valence-corrected chi connectivity index (χ3v) is 3.16. The molecular weight excluding hydrogens is 198 g/mol. The Morgan fingerprint density at radius 3 is 2.71 bits per heavy atom. The molecule has 1 unspecified atom stereocenters. The molecule has 1 rings (SSSR count). The quantitative estimate of drug-likeness (QED) is 0.771. The molecule has 0 heterocycles. The number of amides is 1. The van der Waals surface area contributed by atoms with Gasteiger partial charge in [0.25, 0.3) is 0 Å². The van der Waals surface area contributed by atoms with Gasteiger partial charge in [0.15, 0.2) is 0 Å². The van der Waals surface area contributed by atoms with Gasteiger partial charge >= 0.3 is 0 Å². The summed E-state index contributed by atoms with van der Waals surface area (Å²) in [5, 5.41) is 3.29. The van der Waals surface area contributed by atoms with Gasteiger partial charge in [-0.1, -0.05) is 38.4 Å². The molecule has 0 aromatic carbocycles. The van der Waals surface area contributed by atoms with Gasteiger partial charge in [-0.15, -0.1) is 0 Å². The fourth-order valence-corrected chi connectivity index (χ4v) is 2.19. The van der Waals surface area contributed by atoms with Crippen LogP contribution >= 0.6 is 11.6 Å². The minimum atomic E-state index is 0.120. The van der Waals surface area contributed by atoms with Crippen LogP contribution in [0.4, 0.5) is 0 Å². The summed E-state index contributed by atoms with van der Waals surface area (Å²) in [7, 11) is 0. The van der Waals surface area contributed by atoms with Gasteiger partial charge in [0.1, 0.15) is 0 Å². The van der Waals surface area contributed by atoms with E-state index >= 15 is 0 Å². The lowest BCUT2D eigenvalue weighted by molar-refractivity contribution is -0.127. The molecule has 1 saturated carbocycles. The van der Waals surface area contributed by atoms with Crippen LogP contribution in [0.15, 0.2) is 11.6 Å². The van der Waals surface area contributed by atoms with Crippen molar-refractivity contribution in [2.24, 2.45) is 11.3 Å². The number of carbonyl (C=O) groups excluding carboxylic acids is 1. The van der Waals surface area contributed by atoms with Crippen molar-refractivity contribution >= 4 is 17.5 Å². The lowest BCUT2D eigenvalue weighted by Crippen LogP contribution is -2.36. The second kappa shape index (κ2) is 4.35. The van der Waals surface area contributed by atoms with Crippen molar-refractivity contribution in [3.8, 4) is 0 Å². The molecule has 0 radical (unpaired) electrons. The first-order valence-electron chi connectivity index (χ1n) is 5.04. The number of halogens is 1. The highest BCUT2D eigenvalue weighted by molar-refractivity contribution is 6.29. The molecule has 1 amide bonds. The summed E-state index contributed by atoms with van der Waals surface area (Å²) in [5.41, 5.74) is 0.137. The Hall–Kier alpha value is -0.500. The fourth-order valence-electron chi connectivity index (χ4n) is 2.12. The summed E-state index contributed by atoms with van der Waals surface area (Å²) in [5.74, 6) is 0.257. The van der Waals surface area contributed by atoms with Gasteiger partial charge in [0.2, 0.25) is 5.91 Å². The van der Waals surface area contributed by atoms with E-state index in [1.165, 1.54) is 0 Å². The number of hydrogen-bond donors (Lipinski definition) is 1. The second-order valence-electron chi connectivity index (χ2n) is 4.67. The van der Waals surface area contributed by atoms with E-state index in [4.69, 9.17) is 11.6 Å². The van der Waals surface area contributed by atoms with Crippen molar-refractivity contribution in [3.05, 3.63) is 11.6 Å². The molecule has 0 aromatic heterocycles. The van der Waals surface area contributed by atoms with Crippen LogP contribution in [-0.4, -0.2) is 12.5 Å². The molecule has 0 aliphatic heterocycles. The second-order valence-corrected chi connectivity index (χ2v) is 5.20. The Morgan fingerprint density at radius 1 is 1.64 bits per heavy atom. The fraction of sp³-hybridized carbons (Fsp3) is 0.727. The topological polar surface area (TPSA) is 29.1 Å². The predicted octanol–water partition coefficient (Wildman–Crippen LogP) is 2.68. The Balaban J connectivity index is 2.48. The van der Waals surface area contributed by atoms with Crippen molar-refractivity contribution in [3.63, 3.8) is 0 Å². The smallest absolute Gasteiger partial charge is 0.223 e. The van der Waals surface area contributed by atoms with E-state index in [-0.39, 0.29) is 17.2 Å². The SMILES string of the molecule is C=C(Cl)CNC(=O)C1CCCC1(C)C. The zero-order valence-electron chi connectivity index (χ0n) is 8.90.